The number of fused-ring (bicyclic) bond motifs is 2. The molecule has 8 nitrogen and oxygen atoms in total. The van der Waals surface area contributed by atoms with E-state index in [1.165, 1.54) is 9.90 Å². The molecule has 1 aromatic carbocycles. The fourth-order valence-corrected chi connectivity index (χ4v) is 5.19. The summed E-state index contributed by atoms with van der Waals surface area (Å²) >= 11 is 2.28. The molecule has 0 radical (unpaired) electrons. The van der Waals surface area contributed by atoms with Gasteiger partial charge in [0.2, 0.25) is 0 Å². The third kappa shape index (κ3) is 2.64. The molecule has 2 aromatic heterocycles. The van der Waals surface area contributed by atoms with Gasteiger partial charge in [0.15, 0.2) is 11.5 Å². The Hall–Kier alpha value is -1.82. The van der Waals surface area contributed by atoms with Gasteiger partial charge < -0.3 is 25.2 Å². The molecular formula is C19H20IN5O3. The summed E-state index contributed by atoms with van der Waals surface area (Å²) in [5.74, 6) is 0.637. The maximum absolute atomic E-state index is 10.6. The first-order valence-corrected chi connectivity index (χ1v) is 10.3. The Morgan fingerprint density at radius 3 is 2.86 bits per heavy atom. The molecule has 0 aliphatic heterocycles. The first-order valence-electron chi connectivity index (χ1n) is 9.18. The van der Waals surface area contributed by atoms with Crippen molar-refractivity contribution >= 4 is 39.6 Å². The van der Waals surface area contributed by atoms with Crippen LogP contribution in [-0.4, -0.2) is 53.7 Å². The summed E-state index contributed by atoms with van der Waals surface area (Å²) in [5, 5.41) is 34.0. The first kappa shape index (κ1) is 18.2. The molecule has 5 atom stereocenters. The average Bonchev–Trinajstić information content (AvgIpc) is 3.21. The van der Waals surface area contributed by atoms with E-state index in [0.29, 0.717) is 29.9 Å². The summed E-state index contributed by atoms with van der Waals surface area (Å²) in [7, 11) is 0. The van der Waals surface area contributed by atoms with Crippen molar-refractivity contribution in [3.05, 3.63) is 46.1 Å². The maximum Gasteiger partial charge on any atom is 0.165 e. The van der Waals surface area contributed by atoms with Crippen molar-refractivity contribution in [2.45, 2.75) is 31.2 Å². The van der Waals surface area contributed by atoms with Crippen LogP contribution in [0.3, 0.4) is 0 Å². The highest BCUT2D eigenvalue weighted by molar-refractivity contribution is 14.1. The topological polar surface area (TPSA) is 116 Å². The highest BCUT2D eigenvalue weighted by Crippen LogP contribution is 2.67. The molecule has 2 saturated carbocycles. The van der Waals surface area contributed by atoms with E-state index in [2.05, 4.69) is 48.9 Å². The summed E-state index contributed by atoms with van der Waals surface area (Å²) in [5.41, 5.74) is 1.77. The first-order chi connectivity index (χ1) is 13.5. The minimum atomic E-state index is -0.957. The lowest BCUT2D eigenvalue weighted by Gasteiger charge is -2.23. The highest BCUT2D eigenvalue weighted by Gasteiger charge is 2.71. The molecular weight excluding hydrogens is 473 g/mol. The third-order valence-electron chi connectivity index (χ3n) is 6.18. The van der Waals surface area contributed by atoms with Crippen molar-refractivity contribution in [1.29, 1.82) is 0 Å². The summed E-state index contributed by atoms with van der Waals surface area (Å²) in [6.45, 7) is 0.480. The molecule has 3 aromatic rings. The van der Waals surface area contributed by atoms with Crippen LogP contribution < -0.4 is 5.32 Å². The number of aliphatic hydroxyl groups is 3. The number of nitrogens with zero attached hydrogens (tertiary/aromatic N) is 4. The van der Waals surface area contributed by atoms with Crippen LogP contribution in [0.25, 0.3) is 11.2 Å². The average molecular weight is 493 g/mol. The van der Waals surface area contributed by atoms with Crippen molar-refractivity contribution in [3.8, 4) is 0 Å². The van der Waals surface area contributed by atoms with E-state index in [4.69, 9.17) is 0 Å². The van der Waals surface area contributed by atoms with Crippen LogP contribution in [0.4, 0.5) is 5.82 Å². The van der Waals surface area contributed by atoms with E-state index >= 15 is 0 Å². The molecule has 0 saturated heterocycles. The van der Waals surface area contributed by atoms with Crippen LogP contribution in [0.5, 0.6) is 0 Å². The number of anilines is 1. The number of aromatic nitrogens is 4. The Morgan fingerprint density at radius 1 is 1.25 bits per heavy atom. The molecule has 146 valence electrons. The zero-order chi connectivity index (χ0) is 19.5. The molecule has 2 aliphatic carbocycles. The third-order valence-corrected chi connectivity index (χ3v) is 6.85. The second kappa shape index (κ2) is 6.61. The Morgan fingerprint density at radius 2 is 2.11 bits per heavy atom. The lowest BCUT2D eigenvalue weighted by molar-refractivity contribution is -0.0300. The highest BCUT2D eigenvalue weighted by atomic mass is 127. The van der Waals surface area contributed by atoms with Gasteiger partial charge in [-0.3, -0.25) is 0 Å². The largest absolute Gasteiger partial charge is 0.396 e. The van der Waals surface area contributed by atoms with Crippen LogP contribution in [0.1, 0.15) is 18.0 Å². The standard InChI is InChI=1S/C19H20IN5O3/c20-11-3-1-2-10(4-11)6-21-17-13-18(23-8-22-17)25(9-24-13)14-12-5-19(12,7-26)16(28)15(14)27/h1-4,8-9,12,14-16,26-28H,5-7H2,(H,21,22,23)/t12-,14-,15+,16+,19-/m1/s1. The normalized spacial score (nSPS) is 31.1. The molecule has 2 heterocycles. The summed E-state index contributed by atoms with van der Waals surface area (Å²) < 4.78 is 2.98. The van der Waals surface area contributed by atoms with Gasteiger partial charge in [0.05, 0.1) is 25.1 Å². The summed E-state index contributed by atoms with van der Waals surface area (Å²) in [6, 6.07) is 7.84. The Labute approximate surface area is 174 Å². The smallest absolute Gasteiger partial charge is 0.165 e. The molecule has 0 bridgehead atoms. The molecule has 2 fully saturated rings. The monoisotopic (exact) mass is 493 g/mol. The van der Waals surface area contributed by atoms with Crippen molar-refractivity contribution in [1.82, 2.24) is 19.5 Å². The van der Waals surface area contributed by atoms with Crippen LogP contribution in [0.2, 0.25) is 0 Å². The minimum Gasteiger partial charge on any atom is -0.396 e. The van der Waals surface area contributed by atoms with Gasteiger partial charge in [0.1, 0.15) is 17.9 Å². The molecule has 0 unspecified atom stereocenters. The zero-order valence-electron chi connectivity index (χ0n) is 14.9. The van der Waals surface area contributed by atoms with Crippen molar-refractivity contribution < 1.29 is 15.3 Å². The van der Waals surface area contributed by atoms with Gasteiger partial charge in [-0.05, 0) is 52.6 Å². The lowest BCUT2D eigenvalue weighted by Crippen LogP contribution is -2.35. The SMILES string of the molecule is OC[C@]12C[C@@H]1[C@@H](n1cnc3c(NCc4cccc(I)c4)ncnc31)[C@H](O)[C@@H]2O. The van der Waals surface area contributed by atoms with Crippen molar-refractivity contribution in [3.63, 3.8) is 0 Å². The number of benzene rings is 1. The number of halogens is 1. The Bertz CT molecular complexity index is 1040. The number of aliphatic hydroxyl groups excluding tert-OH is 3. The van der Waals surface area contributed by atoms with Crippen LogP contribution in [-0.2, 0) is 6.54 Å². The second-order valence-corrected chi connectivity index (χ2v) is 8.90. The van der Waals surface area contributed by atoms with Gasteiger partial charge in [0, 0.05) is 15.5 Å². The Kier molecular flexibility index (Phi) is 4.30. The maximum atomic E-state index is 10.6. The molecule has 9 heteroatoms. The van der Waals surface area contributed by atoms with E-state index in [1.807, 2.05) is 22.8 Å². The van der Waals surface area contributed by atoms with E-state index in [1.54, 1.807) is 6.33 Å². The molecule has 0 spiro atoms. The van der Waals surface area contributed by atoms with E-state index in [-0.39, 0.29) is 18.6 Å². The van der Waals surface area contributed by atoms with E-state index in [0.717, 1.165) is 5.56 Å². The summed E-state index contributed by atoms with van der Waals surface area (Å²) in [6.07, 6.45) is 1.91. The van der Waals surface area contributed by atoms with Crippen LogP contribution in [0, 0.1) is 14.9 Å². The Balaban J connectivity index is 1.45. The van der Waals surface area contributed by atoms with Crippen LogP contribution >= 0.6 is 22.6 Å². The summed E-state index contributed by atoms with van der Waals surface area (Å²) in [4.78, 5) is 13.2. The van der Waals surface area contributed by atoms with Gasteiger partial charge in [-0.25, -0.2) is 15.0 Å². The quantitative estimate of drug-likeness (QED) is 0.397. The van der Waals surface area contributed by atoms with Gasteiger partial charge in [0.25, 0.3) is 0 Å². The molecule has 28 heavy (non-hydrogen) atoms. The van der Waals surface area contributed by atoms with Crippen molar-refractivity contribution in [2.24, 2.45) is 11.3 Å². The van der Waals surface area contributed by atoms with Gasteiger partial charge >= 0.3 is 0 Å². The predicted octanol–water partition coefficient (Wildman–Crippen LogP) is 1.32. The van der Waals surface area contributed by atoms with Gasteiger partial charge in [-0.1, -0.05) is 12.1 Å². The van der Waals surface area contributed by atoms with E-state index in [9.17, 15) is 15.3 Å². The number of hydrogen-bond donors (Lipinski definition) is 4. The number of imidazole rings is 1. The molecule has 2 aliphatic rings. The predicted molar refractivity (Wildman–Crippen MR) is 110 cm³/mol. The van der Waals surface area contributed by atoms with E-state index < -0.39 is 17.6 Å². The van der Waals surface area contributed by atoms with Crippen LogP contribution in [0.15, 0.2) is 36.9 Å². The van der Waals surface area contributed by atoms with Crippen molar-refractivity contribution in [2.75, 3.05) is 11.9 Å². The number of nitrogens with one attached hydrogen (secondary N) is 1. The molecule has 4 N–H and O–H groups in total. The fourth-order valence-electron chi connectivity index (χ4n) is 4.58. The number of hydrogen-bond acceptors (Lipinski definition) is 7. The molecule has 5 rings (SSSR count). The zero-order valence-corrected chi connectivity index (χ0v) is 17.1. The minimum absolute atomic E-state index is 0.0117. The lowest BCUT2D eigenvalue weighted by atomic mass is 10.0. The fraction of sp³-hybridized carbons (Fsp3) is 0.421. The van der Waals surface area contributed by atoms with Gasteiger partial charge in [-0.2, -0.15) is 0 Å². The van der Waals surface area contributed by atoms with Gasteiger partial charge in [-0.15, -0.1) is 0 Å². The second-order valence-electron chi connectivity index (χ2n) is 7.66. The number of rotatable bonds is 5. The molecule has 0 amide bonds.